The minimum Gasteiger partial charge on any atom is -0.450 e. The first-order valence-electron chi connectivity index (χ1n) is 4.26. The van der Waals surface area contributed by atoms with E-state index in [9.17, 15) is 9.59 Å². The number of carbonyl (C=O) groups is 2. The van der Waals surface area contributed by atoms with Crippen LogP contribution in [-0.2, 0) is 9.47 Å². The molecule has 6 nitrogen and oxygen atoms in total. The van der Waals surface area contributed by atoms with Gasteiger partial charge >= 0.3 is 12.3 Å². The Balaban J connectivity index is 0. The number of ether oxygens (including phenoxy) is 2. The molecule has 0 atom stereocenters. The second-order valence-electron chi connectivity index (χ2n) is 2.23. The number of carboxylic acid groups (broad SMARTS) is 2. The van der Waals surface area contributed by atoms with Crippen molar-refractivity contribution in [3.05, 3.63) is 0 Å². The van der Waals surface area contributed by atoms with Crippen molar-refractivity contribution in [1.29, 1.82) is 0 Å². The summed E-state index contributed by atoms with van der Waals surface area (Å²) in [5.74, 6) is 0. The highest BCUT2D eigenvalue weighted by molar-refractivity contribution is 5.57. The van der Waals surface area contributed by atoms with E-state index in [-0.39, 0.29) is 13.2 Å². The van der Waals surface area contributed by atoms with Crippen LogP contribution in [0.25, 0.3) is 0 Å². The highest BCUT2D eigenvalue weighted by Crippen LogP contribution is 1.79. The summed E-state index contributed by atoms with van der Waals surface area (Å²) in [5.41, 5.74) is 0. The van der Waals surface area contributed by atoms with Gasteiger partial charge in [0.1, 0.15) is 13.2 Å². The smallest absolute Gasteiger partial charge is 0.450 e. The maximum absolute atomic E-state index is 9.62. The van der Waals surface area contributed by atoms with Gasteiger partial charge in [-0.05, 0) is 0 Å². The van der Waals surface area contributed by atoms with Gasteiger partial charge < -0.3 is 19.7 Å². The summed E-state index contributed by atoms with van der Waals surface area (Å²) in [6, 6.07) is 0. The Labute approximate surface area is 82.4 Å². The fraction of sp³-hybridized carbons (Fsp3) is 0.750. The lowest BCUT2D eigenvalue weighted by molar-refractivity contribution is 0.0472. The van der Waals surface area contributed by atoms with Gasteiger partial charge in [-0.1, -0.05) is 26.7 Å². The van der Waals surface area contributed by atoms with Crippen LogP contribution in [0.2, 0.25) is 0 Å². The summed E-state index contributed by atoms with van der Waals surface area (Å²) in [6.07, 6.45) is -0.261. The monoisotopic (exact) mass is 208 g/mol. The van der Waals surface area contributed by atoms with Crippen LogP contribution >= 0.6 is 0 Å². The molecule has 0 aromatic rings. The van der Waals surface area contributed by atoms with Gasteiger partial charge in [-0.25, -0.2) is 9.59 Å². The zero-order valence-corrected chi connectivity index (χ0v) is 8.36. The molecule has 6 heteroatoms. The van der Waals surface area contributed by atoms with Crippen LogP contribution in [0.15, 0.2) is 0 Å². The molecule has 0 rings (SSSR count). The van der Waals surface area contributed by atoms with Crippen LogP contribution in [0.5, 0.6) is 0 Å². The molecule has 0 saturated heterocycles. The first-order valence-corrected chi connectivity index (χ1v) is 4.26. The molecule has 0 spiro atoms. The van der Waals surface area contributed by atoms with Gasteiger partial charge in [-0.3, -0.25) is 0 Å². The average Bonchev–Trinajstić information content (AvgIpc) is 2.12. The summed E-state index contributed by atoms with van der Waals surface area (Å²) < 4.78 is 7.84. The Bertz CT molecular complexity index is 138. The summed E-state index contributed by atoms with van der Waals surface area (Å²) >= 11 is 0. The second-order valence-corrected chi connectivity index (χ2v) is 2.23. The van der Waals surface area contributed by atoms with Gasteiger partial charge in [0, 0.05) is 0 Å². The molecule has 84 valence electrons. The molecule has 0 aliphatic carbocycles. The standard InChI is InChI=1S/C4H6O6.C4H10/c5-3(6)9-1-2-10-4(7)8;1-3-4-2/h1-2H2,(H,5,6)(H,7,8);3-4H2,1-2H3. The predicted octanol–water partition coefficient (Wildman–Crippen LogP) is 2.18. The van der Waals surface area contributed by atoms with Crippen LogP contribution in [0.1, 0.15) is 26.7 Å². The van der Waals surface area contributed by atoms with Crippen LogP contribution in [-0.4, -0.2) is 35.7 Å². The first kappa shape index (κ1) is 15.0. The van der Waals surface area contributed by atoms with Crippen LogP contribution in [0.3, 0.4) is 0 Å². The third-order valence-electron chi connectivity index (χ3n) is 1.03. The minimum atomic E-state index is -1.45. The third-order valence-corrected chi connectivity index (χ3v) is 1.03. The Morgan fingerprint density at radius 2 is 1.21 bits per heavy atom. The SMILES string of the molecule is CCCC.O=C(O)OCCOC(=O)O. The largest absolute Gasteiger partial charge is 0.505 e. The molecule has 0 radical (unpaired) electrons. The average molecular weight is 208 g/mol. The molecular formula is C8H16O6. The lowest BCUT2D eigenvalue weighted by Crippen LogP contribution is -2.10. The summed E-state index contributed by atoms with van der Waals surface area (Å²) in [5, 5.41) is 15.7. The fourth-order valence-electron chi connectivity index (χ4n) is 0.258. The molecule has 0 bridgehead atoms. The van der Waals surface area contributed by atoms with Crippen molar-refractivity contribution < 1.29 is 29.3 Å². The number of hydrogen-bond donors (Lipinski definition) is 2. The maximum Gasteiger partial charge on any atom is 0.505 e. The predicted molar refractivity (Wildman–Crippen MR) is 48.5 cm³/mol. The molecule has 0 aromatic heterocycles. The molecule has 0 unspecified atom stereocenters. The van der Waals surface area contributed by atoms with Crippen molar-refractivity contribution >= 4 is 12.3 Å². The number of hydrogen-bond acceptors (Lipinski definition) is 4. The van der Waals surface area contributed by atoms with Crippen molar-refractivity contribution in [2.45, 2.75) is 26.7 Å². The lowest BCUT2D eigenvalue weighted by atomic mass is 10.4. The lowest BCUT2D eigenvalue weighted by Gasteiger charge is -1.98. The Morgan fingerprint density at radius 3 is 1.36 bits per heavy atom. The van der Waals surface area contributed by atoms with Gasteiger partial charge in [-0.15, -0.1) is 0 Å². The zero-order valence-electron chi connectivity index (χ0n) is 8.36. The number of unbranched alkanes of at least 4 members (excludes halogenated alkanes) is 1. The molecule has 14 heavy (non-hydrogen) atoms. The van der Waals surface area contributed by atoms with Crippen molar-refractivity contribution in [2.24, 2.45) is 0 Å². The van der Waals surface area contributed by atoms with Gasteiger partial charge in [0.2, 0.25) is 0 Å². The molecule has 0 aliphatic heterocycles. The number of rotatable bonds is 4. The van der Waals surface area contributed by atoms with E-state index in [1.54, 1.807) is 0 Å². The highest BCUT2D eigenvalue weighted by atomic mass is 16.7. The zero-order chi connectivity index (χ0) is 11.4. The van der Waals surface area contributed by atoms with Crippen molar-refractivity contribution in [3.8, 4) is 0 Å². The van der Waals surface area contributed by atoms with Gasteiger partial charge in [0.15, 0.2) is 0 Å². The van der Waals surface area contributed by atoms with E-state index in [0.29, 0.717) is 0 Å². The summed E-state index contributed by atoms with van der Waals surface area (Å²) in [6.45, 7) is 3.81. The maximum atomic E-state index is 9.62. The topological polar surface area (TPSA) is 93.1 Å². The van der Waals surface area contributed by atoms with E-state index in [0.717, 1.165) is 0 Å². The Morgan fingerprint density at radius 1 is 0.929 bits per heavy atom. The summed E-state index contributed by atoms with van der Waals surface area (Å²) in [4.78, 5) is 19.2. The van der Waals surface area contributed by atoms with E-state index in [2.05, 4.69) is 23.3 Å². The van der Waals surface area contributed by atoms with E-state index in [1.165, 1.54) is 12.8 Å². The van der Waals surface area contributed by atoms with E-state index in [4.69, 9.17) is 10.2 Å². The molecule has 0 saturated carbocycles. The first-order chi connectivity index (χ1) is 6.54. The molecule has 2 N–H and O–H groups in total. The van der Waals surface area contributed by atoms with E-state index >= 15 is 0 Å². The van der Waals surface area contributed by atoms with Crippen molar-refractivity contribution in [3.63, 3.8) is 0 Å². The van der Waals surface area contributed by atoms with E-state index in [1.807, 2.05) is 0 Å². The fourth-order valence-corrected chi connectivity index (χ4v) is 0.258. The van der Waals surface area contributed by atoms with Crippen LogP contribution in [0.4, 0.5) is 9.59 Å². The minimum absolute atomic E-state index is 0.276. The summed E-state index contributed by atoms with van der Waals surface area (Å²) in [7, 11) is 0. The Hall–Kier alpha value is -1.46. The highest BCUT2D eigenvalue weighted by Gasteiger charge is 1.98. The van der Waals surface area contributed by atoms with Gasteiger partial charge in [-0.2, -0.15) is 0 Å². The van der Waals surface area contributed by atoms with Crippen LogP contribution in [0, 0.1) is 0 Å². The molecule has 0 amide bonds. The van der Waals surface area contributed by atoms with E-state index < -0.39 is 12.3 Å². The van der Waals surface area contributed by atoms with Crippen molar-refractivity contribution in [2.75, 3.05) is 13.2 Å². The van der Waals surface area contributed by atoms with Crippen molar-refractivity contribution in [1.82, 2.24) is 0 Å². The quantitative estimate of drug-likeness (QED) is 0.543. The molecule has 0 aromatic carbocycles. The molecule has 0 heterocycles. The third kappa shape index (κ3) is 22.4. The molecule has 0 aliphatic rings. The van der Waals surface area contributed by atoms with Gasteiger partial charge in [0.05, 0.1) is 0 Å². The van der Waals surface area contributed by atoms with Crippen LogP contribution < -0.4 is 0 Å². The molecular weight excluding hydrogens is 192 g/mol. The second kappa shape index (κ2) is 11.5. The Kier molecular flexibility index (Phi) is 12.4. The molecule has 0 fully saturated rings. The van der Waals surface area contributed by atoms with Gasteiger partial charge in [0.25, 0.3) is 0 Å². The normalized spacial score (nSPS) is 8.14.